The Morgan fingerprint density at radius 3 is 1.19 bits per heavy atom. The number of nitrogens with zero attached hydrogens (tertiary/aromatic N) is 6. The largest absolute Gasteiger partial charge is 0.485 e. The second kappa shape index (κ2) is 32.0. The summed E-state index contributed by atoms with van der Waals surface area (Å²) in [7, 11) is 0. The van der Waals surface area contributed by atoms with E-state index in [0.29, 0.717) is 11.6 Å². The summed E-state index contributed by atoms with van der Waals surface area (Å²) in [4.78, 5) is 30.2. The van der Waals surface area contributed by atoms with Crippen LogP contribution in [0, 0.1) is 0 Å². The molecule has 3 aromatic heterocycles. The van der Waals surface area contributed by atoms with Gasteiger partial charge in [-0.2, -0.15) is 0 Å². The lowest BCUT2D eigenvalue weighted by molar-refractivity contribution is 0.227. The molecule has 0 amide bonds. The van der Waals surface area contributed by atoms with Crippen LogP contribution in [0.3, 0.4) is 0 Å². The van der Waals surface area contributed by atoms with Crippen molar-refractivity contribution in [3.8, 4) is 175 Å². The van der Waals surface area contributed by atoms with Gasteiger partial charge in [-0.25, -0.2) is 29.9 Å². The summed E-state index contributed by atoms with van der Waals surface area (Å²) >= 11 is 0. The third kappa shape index (κ3) is 14.1. The van der Waals surface area contributed by atoms with Gasteiger partial charge in [0.1, 0.15) is 34.9 Å². The summed E-state index contributed by atoms with van der Waals surface area (Å²) in [5.74, 6) is 6.91. The van der Waals surface area contributed by atoms with Crippen molar-refractivity contribution in [2.75, 3.05) is 0 Å². The molecule has 6 heterocycles. The molecule has 5 aliphatic rings. The molecule has 2 unspecified atom stereocenters. The van der Waals surface area contributed by atoms with Gasteiger partial charge in [0, 0.05) is 77.7 Å². The van der Waals surface area contributed by atoms with Crippen LogP contribution in [0.15, 0.2) is 425 Å². The van der Waals surface area contributed by atoms with Gasteiger partial charge in [0.2, 0.25) is 0 Å². The second-order valence-corrected chi connectivity index (χ2v) is 31.2. The lowest BCUT2D eigenvalue weighted by atomic mass is 9.82. The van der Waals surface area contributed by atoms with Crippen LogP contribution in [0.2, 0.25) is 0 Å². The van der Waals surface area contributed by atoms with Crippen LogP contribution in [0.5, 0.6) is 28.7 Å². The van der Waals surface area contributed by atoms with Crippen molar-refractivity contribution in [3.63, 3.8) is 0 Å². The monoisotopic (exact) mass is 1580 g/mol. The molecule has 2 aliphatic carbocycles. The topological polar surface area (TPSA) is 105 Å². The number of rotatable bonds is 12. The van der Waals surface area contributed by atoms with Crippen LogP contribution >= 0.6 is 0 Å². The van der Waals surface area contributed by atoms with Crippen LogP contribution in [0.4, 0.5) is 0 Å². The molecular formula is C114H76N6O3. The fraction of sp³-hybridized carbons (Fsp3) is 0.0351. The Bertz CT molecular complexity index is 7340. The third-order valence-electron chi connectivity index (χ3n) is 23.7. The Balaban J connectivity index is 0.000000110. The quantitative estimate of drug-likeness (QED) is 0.118. The number of hydrogen-bond acceptors (Lipinski definition) is 9. The zero-order valence-electron chi connectivity index (χ0n) is 66.9. The van der Waals surface area contributed by atoms with E-state index in [4.69, 9.17) is 44.1 Å². The highest BCUT2D eigenvalue weighted by Gasteiger charge is 2.32. The molecule has 0 saturated heterocycles. The maximum Gasteiger partial charge on any atom is 0.161 e. The van der Waals surface area contributed by atoms with Crippen molar-refractivity contribution in [1.29, 1.82) is 0 Å². The van der Waals surface area contributed by atoms with Gasteiger partial charge in [0.25, 0.3) is 0 Å². The molecule has 2 atom stereocenters. The minimum atomic E-state index is 0.0294. The minimum absolute atomic E-state index is 0.0294. The average Bonchev–Trinajstić information content (AvgIpc) is 0.745. The van der Waals surface area contributed by atoms with E-state index in [2.05, 4.69) is 309 Å². The van der Waals surface area contributed by atoms with E-state index in [1.165, 1.54) is 43.8 Å². The van der Waals surface area contributed by atoms with E-state index >= 15 is 0 Å². The van der Waals surface area contributed by atoms with Gasteiger partial charge in [0.15, 0.2) is 17.5 Å². The van der Waals surface area contributed by atoms with Gasteiger partial charge >= 0.3 is 0 Å². The Labute approximate surface area is 713 Å². The van der Waals surface area contributed by atoms with Gasteiger partial charge in [-0.15, -0.1) is 0 Å². The van der Waals surface area contributed by atoms with Gasteiger partial charge in [-0.05, 0) is 145 Å². The standard InChI is InChI=1S/C38H24N2O.2C38H26N2O/c1-3-11-25(12-4-1)33-24-34(40-38(39-33)26-13-5-2-6-14-26)28-16-9-15-27(23-28)29-21-22-36-37-31(29)18-10-19-32(37)30-17-7-8-20-35(30)41-36;1-3-12-25(13-4-1)33-24-34(26-14-5-2-6-15-26)40-38(39-33)32-18-8-7-16-27(32)28-22-23-36-37-30(28)19-11-20-31(37)29-17-9-10-21-35(29)41-36;1-3-10-26(11-4-1)33-24-34(40-38(39-33)28-12-5-2-6-13-28)27-20-18-25(19-21-27)29-22-23-36-37-31(29)15-9-16-32(37)30-14-7-8-17-35(30)41-36/h1-24H;1-24,29,35H;2-3,5-24H,1,4H2. The lowest BCUT2D eigenvalue weighted by Crippen LogP contribution is -2.27. The molecule has 0 saturated carbocycles. The van der Waals surface area contributed by atoms with E-state index < -0.39 is 0 Å². The zero-order chi connectivity index (χ0) is 81.5. The number of benzene rings is 16. The number of para-hydroxylation sites is 2. The fourth-order valence-corrected chi connectivity index (χ4v) is 17.8. The summed E-state index contributed by atoms with van der Waals surface area (Å²) in [5.41, 5.74) is 27.8. The number of fused-ring (bicyclic) bond motifs is 6. The molecule has 9 nitrogen and oxygen atoms in total. The van der Waals surface area contributed by atoms with E-state index in [-0.39, 0.29) is 12.0 Å². The number of aromatic nitrogens is 6. The molecule has 0 fully saturated rings. The van der Waals surface area contributed by atoms with E-state index in [9.17, 15) is 0 Å². The average molecular weight is 1580 g/mol. The fourth-order valence-electron chi connectivity index (χ4n) is 17.8. The van der Waals surface area contributed by atoms with Gasteiger partial charge in [0.05, 0.1) is 34.2 Å². The Hall–Kier alpha value is -16.1. The second-order valence-electron chi connectivity index (χ2n) is 31.2. The van der Waals surface area contributed by atoms with Crippen molar-refractivity contribution in [1.82, 2.24) is 29.9 Å². The summed E-state index contributed by atoms with van der Waals surface area (Å²) in [6.45, 7) is 0. The van der Waals surface area contributed by atoms with Crippen LogP contribution in [-0.2, 0) is 0 Å². The van der Waals surface area contributed by atoms with Crippen LogP contribution in [0.1, 0.15) is 30.0 Å². The van der Waals surface area contributed by atoms with Gasteiger partial charge < -0.3 is 14.2 Å². The molecule has 19 aromatic rings. The van der Waals surface area contributed by atoms with Crippen molar-refractivity contribution < 1.29 is 14.2 Å². The highest BCUT2D eigenvalue weighted by atomic mass is 16.5. The summed E-state index contributed by atoms with van der Waals surface area (Å²) in [5, 5.41) is 7.03. The first kappa shape index (κ1) is 73.3. The molecule has 580 valence electrons. The molecule has 0 radical (unpaired) electrons. The molecule has 24 rings (SSSR count). The predicted octanol–water partition coefficient (Wildman–Crippen LogP) is 29.5. The first-order valence-corrected chi connectivity index (χ1v) is 41.8. The summed E-state index contributed by atoms with van der Waals surface area (Å²) in [6.07, 6.45) is 17.4. The molecule has 3 aliphatic heterocycles. The van der Waals surface area contributed by atoms with Crippen LogP contribution < -0.4 is 14.2 Å². The number of hydrogen-bond donors (Lipinski definition) is 0. The van der Waals surface area contributed by atoms with Crippen molar-refractivity contribution in [3.05, 3.63) is 436 Å². The molecular weight excluding hydrogens is 1500 g/mol. The molecule has 0 spiro atoms. The lowest BCUT2D eigenvalue weighted by Gasteiger charge is -2.32. The van der Waals surface area contributed by atoms with E-state index in [1.54, 1.807) is 0 Å². The Morgan fingerprint density at radius 2 is 0.634 bits per heavy atom. The van der Waals surface area contributed by atoms with E-state index in [1.807, 2.05) is 115 Å². The minimum Gasteiger partial charge on any atom is -0.485 e. The maximum absolute atomic E-state index is 6.48. The first-order valence-electron chi connectivity index (χ1n) is 41.8. The van der Waals surface area contributed by atoms with E-state index in [0.717, 1.165) is 181 Å². The highest BCUT2D eigenvalue weighted by molar-refractivity contribution is 6.12. The normalized spacial score (nSPS) is 13.9. The third-order valence-corrected chi connectivity index (χ3v) is 23.7. The van der Waals surface area contributed by atoms with Crippen molar-refractivity contribution in [2.24, 2.45) is 0 Å². The zero-order valence-corrected chi connectivity index (χ0v) is 66.9. The number of allylic oxidation sites excluding steroid dienone is 6. The maximum atomic E-state index is 6.48. The molecule has 16 aromatic carbocycles. The van der Waals surface area contributed by atoms with Crippen LogP contribution in [0.25, 0.3) is 184 Å². The molecule has 0 N–H and O–H groups in total. The Kier molecular flexibility index (Phi) is 19.1. The van der Waals surface area contributed by atoms with Crippen molar-refractivity contribution >= 4 is 37.9 Å². The SMILES string of the molecule is C1=CC(c2cc(-c3ccc(-c4ccc5c6c(cccc46)-c4ccccc4O5)cc3)nc(-c3ccccc3)n2)=CCC1.C1=CC2Oc3ccc(-c4ccccc4-c4nc(-c5ccccc5)cc(-c5ccccc5)n4)c4cccc(c34)C2C=C1.c1ccc(-c2cc(-c3cccc(-c4ccc5c6c(cccc46)-c4ccccc4O5)c3)nc(-c3ccccc3)n2)cc1. The first-order chi connectivity index (χ1) is 61.0. The Morgan fingerprint density at radius 1 is 0.236 bits per heavy atom. The van der Waals surface area contributed by atoms with Crippen molar-refractivity contribution in [2.45, 2.75) is 24.9 Å². The van der Waals surface area contributed by atoms with Crippen LogP contribution in [-0.4, -0.2) is 36.0 Å². The van der Waals surface area contributed by atoms with Gasteiger partial charge in [-0.1, -0.05) is 364 Å². The molecule has 0 bridgehead atoms. The number of ether oxygens (including phenoxy) is 3. The highest BCUT2D eigenvalue weighted by Crippen LogP contribution is 2.52. The predicted molar refractivity (Wildman–Crippen MR) is 501 cm³/mol. The van der Waals surface area contributed by atoms with Gasteiger partial charge in [-0.3, -0.25) is 0 Å². The smallest absolute Gasteiger partial charge is 0.161 e. The summed E-state index contributed by atoms with van der Waals surface area (Å²) in [6, 6.07) is 132. The molecule has 123 heavy (non-hydrogen) atoms. The summed E-state index contributed by atoms with van der Waals surface area (Å²) < 4.78 is 19.1. The molecule has 9 heteroatoms.